The van der Waals surface area contributed by atoms with Crippen molar-refractivity contribution in [3.8, 4) is 11.3 Å². The lowest BCUT2D eigenvalue weighted by atomic mass is 10.1. The molecule has 6 nitrogen and oxygen atoms in total. The third kappa shape index (κ3) is 9.30. The number of hydrogen-bond donors (Lipinski definition) is 2. The van der Waals surface area contributed by atoms with Crippen molar-refractivity contribution in [1.82, 2.24) is 10.3 Å². The second-order valence-electron chi connectivity index (χ2n) is 8.04. The Morgan fingerprint density at radius 3 is 2.15 bits per heavy atom. The summed E-state index contributed by atoms with van der Waals surface area (Å²) >= 11 is 1.50. The summed E-state index contributed by atoms with van der Waals surface area (Å²) < 4.78 is 22.8. The number of anilines is 2. The zero-order valence-corrected chi connectivity index (χ0v) is 23.3. The highest BCUT2D eigenvalue weighted by molar-refractivity contribution is 7.14. The molecule has 0 aliphatic heterocycles. The molecule has 0 aliphatic carbocycles. The van der Waals surface area contributed by atoms with E-state index in [0.29, 0.717) is 19.3 Å². The van der Waals surface area contributed by atoms with E-state index in [1.807, 2.05) is 62.5 Å². The SMILES string of the molecule is CC.CF.Cc1ccc(N(Cc2ccc(C(=O)NCCC(=O)O)cc2)c2nc(-c3ccc(F)cc3)cs2)cc1. The van der Waals surface area contributed by atoms with Gasteiger partial charge in [-0.3, -0.25) is 14.0 Å². The topological polar surface area (TPSA) is 82.5 Å². The van der Waals surface area contributed by atoms with E-state index < -0.39 is 5.97 Å². The number of carboxylic acids is 1. The number of thiazole rings is 1. The average Bonchev–Trinajstić information content (AvgIpc) is 3.45. The quantitative estimate of drug-likeness (QED) is 0.226. The number of hydrogen-bond acceptors (Lipinski definition) is 5. The van der Waals surface area contributed by atoms with Crippen molar-refractivity contribution in [2.45, 2.75) is 33.7 Å². The van der Waals surface area contributed by atoms with Crippen LogP contribution < -0.4 is 10.2 Å². The third-order valence-corrected chi connectivity index (χ3v) is 6.25. The van der Waals surface area contributed by atoms with Crippen LogP contribution in [-0.2, 0) is 11.3 Å². The van der Waals surface area contributed by atoms with Gasteiger partial charge in [0.2, 0.25) is 0 Å². The van der Waals surface area contributed by atoms with E-state index in [1.165, 1.54) is 23.5 Å². The number of aromatic nitrogens is 1. The van der Waals surface area contributed by atoms with Gasteiger partial charge in [-0.05, 0) is 61.0 Å². The van der Waals surface area contributed by atoms with Crippen molar-refractivity contribution in [2.24, 2.45) is 0 Å². The molecule has 4 rings (SSSR count). The zero-order valence-electron chi connectivity index (χ0n) is 22.4. The highest BCUT2D eigenvalue weighted by Gasteiger charge is 2.16. The number of aryl methyl sites for hydroxylation is 1. The summed E-state index contributed by atoms with van der Waals surface area (Å²) in [5.41, 5.74) is 5.19. The monoisotopic (exact) mass is 553 g/mol. The molecule has 0 aliphatic rings. The van der Waals surface area contributed by atoms with E-state index >= 15 is 0 Å². The van der Waals surface area contributed by atoms with Crippen LogP contribution >= 0.6 is 11.3 Å². The van der Waals surface area contributed by atoms with Crippen LogP contribution in [0.3, 0.4) is 0 Å². The van der Waals surface area contributed by atoms with Crippen molar-refractivity contribution in [2.75, 3.05) is 18.6 Å². The summed E-state index contributed by atoms with van der Waals surface area (Å²) in [6.45, 7) is 6.64. The summed E-state index contributed by atoms with van der Waals surface area (Å²) in [4.78, 5) is 29.8. The highest BCUT2D eigenvalue weighted by Crippen LogP contribution is 2.33. The Bertz CT molecular complexity index is 1310. The predicted molar refractivity (Wildman–Crippen MR) is 154 cm³/mol. The van der Waals surface area contributed by atoms with Crippen LogP contribution in [0, 0.1) is 12.7 Å². The Labute approximate surface area is 232 Å². The fourth-order valence-electron chi connectivity index (χ4n) is 3.46. The van der Waals surface area contributed by atoms with Gasteiger partial charge in [-0.1, -0.05) is 43.7 Å². The Hall–Kier alpha value is -4.11. The maximum Gasteiger partial charge on any atom is 0.305 e. The van der Waals surface area contributed by atoms with Gasteiger partial charge in [-0.2, -0.15) is 0 Å². The van der Waals surface area contributed by atoms with Crippen molar-refractivity contribution >= 4 is 34.0 Å². The second kappa shape index (κ2) is 16.0. The summed E-state index contributed by atoms with van der Waals surface area (Å²) in [6.07, 6.45) is -0.122. The molecule has 4 aromatic rings. The van der Waals surface area contributed by atoms with Crippen molar-refractivity contribution in [3.63, 3.8) is 0 Å². The van der Waals surface area contributed by atoms with Gasteiger partial charge in [0.1, 0.15) is 5.82 Å². The number of nitrogens with zero attached hydrogens (tertiary/aromatic N) is 2. The molecule has 9 heteroatoms. The first-order valence-electron chi connectivity index (χ1n) is 12.4. The lowest BCUT2D eigenvalue weighted by Crippen LogP contribution is -2.26. The lowest BCUT2D eigenvalue weighted by Gasteiger charge is -2.22. The van der Waals surface area contributed by atoms with E-state index in [4.69, 9.17) is 10.1 Å². The number of aliphatic carboxylic acids is 1. The second-order valence-corrected chi connectivity index (χ2v) is 8.88. The molecule has 1 aromatic heterocycles. The fourth-order valence-corrected chi connectivity index (χ4v) is 4.32. The number of rotatable bonds is 9. The molecule has 0 spiro atoms. The van der Waals surface area contributed by atoms with Gasteiger partial charge in [0.05, 0.1) is 25.8 Å². The van der Waals surface area contributed by atoms with Crippen LogP contribution in [-0.4, -0.2) is 35.7 Å². The Morgan fingerprint density at radius 1 is 0.949 bits per heavy atom. The van der Waals surface area contributed by atoms with Gasteiger partial charge in [-0.25, -0.2) is 9.37 Å². The first kappa shape index (κ1) is 31.1. The highest BCUT2D eigenvalue weighted by atomic mass is 32.1. The summed E-state index contributed by atoms with van der Waals surface area (Å²) in [6, 6.07) is 21.6. The Kier molecular flexibility index (Phi) is 12.8. The number of carbonyl (C=O) groups excluding carboxylic acids is 1. The molecule has 0 unspecified atom stereocenters. The maximum atomic E-state index is 13.3. The number of carboxylic acid groups (broad SMARTS) is 1. The molecule has 2 N–H and O–H groups in total. The molecule has 0 bridgehead atoms. The maximum absolute atomic E-state index is 13.3. The molecule has 0 saturated heterocycles. The molecular weight excluding hydrogens is 520 g/mol. The van der Waals surface area contributed by atoms with Gasteiger partial charge >= 0.3 is 5.97 Å². The van der Waals surface area contributed by atoms with Crippen LogP contribution in [0.5, 0.6) is 0 Å². The predicted octanol–water partition coefficient (Wildman–Crippen LogP) is 7.41. The van der Waals surface area contributed by atoms with Gasteiger partial charge in [-0.15, -0.1) is 11.3 Å². The minimum atomic E-state index is -0.957. The number of halogens is 2. The molecule has 0 atom stereocenters. The van der Waals surface area contributed by atoms with E-state index in [2.05, 4.69) is 10.2 Å². The number of alkyl halides is 1. The van der Waals surface area contributed by atoms with Crippen molar-refractivity contribution < 1.29 is 23.5 Å². The largest absolute Gasteiger partial charge is 0.481 e. The number of carbonyl (C=O) groups is 2. The first-order valence-corrected chi connectivity index (χ1v) is 13.3. The zero-order chi connectivity index (χ0) is 28.8. The number of nitrogens with one attached hydrogen (secondary N) is 1. The van der Waals surface area contributed by atoms with E-state index in [1.54, 1.807) is 24.3 Å². The van der Waals surface area contributed by atoms with Crippen LogP contribution in [0.25, 0.3) is 11.3 Å². The Balaban J connectivity index is 0.00000127. The van der Waals surface area contributed by atoms with Gasteiger partial charge in [0.15, 0.2) is 5.13 Å². The molecular formula is C30H33F2N3O3S. The standard InChI is InChI=1S/C27H24FN3O3S.C2H6.CH3F/c1-18-2-12-23(13-3-18)31(27-30-24(17-35-27)20-8-10-22(28)11-9-20)16-19-4-6-21(7-5-19)26(34)29-15-14-25(32)33;2*1-2/h2-13,17H,14-16H2,1H3,(H,29,34)(H,32,33);1-2H3;1H3. The number of benzene rings is 3. The summed E-state index contributed by atoms with van der Waals surface area (Å²) in [5.74, 6) is -1.55. The van der Waals surface area contributed by atoms with Gasteiger partial charge < -0.3 is 15.3 Å². The molecule has 0 radical (unpaired) electrons. The van der Waals surface area contributed by atoms with E-state index in [0.717, 1.165) is 33.2 Å². The number of amides is 1. The third-order valence-electron chi connectivity index (χ3n) is 5.39. The molecule has 1 amide bonds. The smallest absolute Gasteiger partial charge is 0.305 e. The minimum Gasteiger partial charge on any atom is -0.481 e. The van der Waals surface area contributed by atoms with Crippen molar-refractivity contribution in [1.29, 1.82) is 0 Å². The normalized spacial score (nSPS) is 9.90. The molecule has 3 aromatic carbocycles. The van der Waals surface area contributed by atoms with E-state index in [9.17, 15) is 18.4 Å². The van der Waals surface area contributed by atoms with Gasteiger partial charge in [0, 0.05) is 28.7 Å². The molecule has 39 heavy (non-hydrogen) atoms. The van der Waals surface area contributed by atoms with Crippen LogP contribution in [0.2, 0.25) is 0 Å². The molecule has 206 valence electrons. The first-order chi connectivity index (χ1) is 18.9. The summed E-state index contributed by atoms with van der Waals surface area (Å²) in [5, 5.41) is 14.1. The van der Waals surface area contributed by atoms with Crippen molar-refractivity contribution in [3.05, 3.63) is 101 Å². The Morgan fingerprint density at radius 2 is 1.56 bits per heavy atom. The fraction of sp³-hybridized carbons (Fsp3) is 0.233. The van der Waals surface area contributed by atoms with Crippen LogP contribution in [0.15, 0.2) is 78.2 Å². The lowest BCUT2D eigenvalue weighted by molar-refractivity contribution is -0.136. The van der Waals surface area contributed by atoms with Crippen LogP contribution in [0.4, 0.5) is 19.6 Å². The summed E-state index contributed by atoms with van der Waals surface area (Å²) in [7, 11) is 0.500. The minimum absolute atomic E-state index is 0.0809. The van der Waals surface area contributed by atoms with E-state index in [-0.39, 0.29) is 24.7 Å². The molecule has 0 fully saturated rings. The van der Waals surface area contributed by atoms with Crippen LogP contribution in [0.1, 0.15) is 41.8 Å². The molecule has 1 heterocycles. The average molecular weight is 554 g/mol. The molecule has 0 saturated carbocycles. The van der Waals surface area contributed by atoms with Gasteiger partial charge in [0.25, 0.3) is 5.91 Å².